The Labute approximate surface area is 128 Å². The third kappa shape index (κ3) is 14.8. The number of rotatable bonds is 12. The summed E-state index contributed by atoms with van der Waals surface area (Å²) in [6, 6.07) is 0. The molecule has 4 nitrogen and oxygen atoms in total. The molecule has 0 saturated heterocycles. The zero-order chi connectivity index (χ0) is 13.9. The minimum atomic E-state index is -4.06. The summed E-state index contributed by atoms with van der Waals surface area (Å²) in [7, 11) is -4.06. The molecule has 0 aromatic carbocycles. The second-order valence-corrected chi connectivity index (χ2v) is 6.97. The van der Waals surface area contributed by atoms with Gasteiger partial charge >= 0.3 is 7.60 Å². The molecule has 0 saturated carbocycles. The molecule has 6 heteroatoms. The van der Waals surface area contributed by atoms with E-state index in [0.717, 1.165) is 19.3 Å². The van der Waals surface area contributed by atoms with E-state index in [9.17, 15) is 4.57 Å². The number of halogens is 1. The Bertz CT molecular complexity index is 236. The molecule has 1 unspecified atom stereocenters. The van der Waals surface area contributed by atoms with Crippen LogP contribution in [0.4, 0.5) is 0 Å². The molecule has 0 aromatic heterocycles. The molecule has 4 N–H and O–H groups in total. The van der Waals surface area contributed by atoms with E-state index in [-0.39, 0.29) is 17.0 Å². The smallest absolute Gasteiger partial charge is 0.323 e. The minimum absolute atomic E-state index is 0. The zero-order valence-corrected chi connectivity index (χ0v) is 14.7. The van der Waals surface area contributed by atoms with Crippen LogP contribution in [-0.2, 0) is 4.57 Å². The number of hydrogen-bond donors (Lipinski definition) is 3. The maximum Gasteiger partial charge on any atom is 0.342 e. The van der Waals surface area contributed by atoms with Gasteiger partial charge in [0.15, 0.2) is 0 Å². The van der Waals surface area contributed by atoms with E-state index in [1.165, 1.54) is 44.9 Å². The lowest BCUT2D eigenvalue weighted by molar-refractivity contribution is 0.353. The SMILES string of the molecule is Br.CCCCCCCCCCCCC(N)P(=O)(O)O. The van der Waals surface area contributed by atoms with Gasteiger partial charge in [-0.15, -0.1) is 17.0 Å². The largest absolute Gasteiger partial charge is 0.342 e. The van der Waals surface area contributed by atoms with E-state index in [0.29, 0.717) is 6.42 Å². The molecule has 0 aliphatic heterocycles. The molecule has 118 valence electrons. The summed E-state index contributed by atoms with van der Waals surface area (Å²) in [4.78, 5) is 17.6. The molecule has 1 atom stereocenters. The lowest BCUT2D eigenvalue weighted by atomic mass is 10.1. The summed E-state index contributed by atoms with van der Waals surface area (Å²) >= 11 is 0. The highest BCUT2D eigenvalue weighted by Gasteiger charge is 2.23. The molecule has 0 fully saturated rings. The standard InChI is InChI=1S/C13H30NO3P.BrH/c1-2-3-4-5-6-7-8-9-10-11-12-13(14)18(15,16)17;/h13H,2-12,14H2,1H3,(H2,15,16,17);1H. The first kappa shape index (κ1) is 21.9. The van der Waals surface area contributed by atoms with Gasteiger partial charge < -0.3 is 15.5 Å². The molecule has 19 heavy (non-hydrogen) atoms. The van der Waals surface area contributed by atoms with Crippen molar-refractivity contribution in [3.63, 3.8) is 0 Å². The molecule has 0 spiro atoms. The molecule has 0 bridgehead atoms. The van der Waals surface area contributed by atoms with Gasteiger partial charge in [0.25, 0.3) is 0 Å². The van der Waals surface area contributed by atoms with Gasteiger partial charge in [0.2, 0.25) is 0 Å². The Morgan fingerprint density at radius 3 is 1.63 bits per heavy atom. The molecule has 0 aliphatic rings. The van der Waals surface area contributed by atoms with Crippen molar-refractivity contribution in [3.8, 4) is 0 Å². The number of unbranched alkanes of at least 4 members (excludes halogenated alkanes) is 9. The highest BCUT2D eigenvalue weighted by atomic mass is 79.9. The van der Waals surface area contributed by atoms with Gasteiger partial charge in [0.05, 0.1) is 0 Å². The average molecular weight is 360 g/mol. The lowest BCUT2D eigenvalue weighted by Crippen LogP contribution is -2.19. The molecule has 0 heterocycles. The van der Waals surface area contributed by atoms with Crippen LogP contribution < -0.4 is 5.73 Å². The first-order valence-electron chi connectivity index (χ1n) is 7.29. The summed E-state index contributed by atoms with van der Waals surface area (Å²) < 4.78 is 10.8. The lowest BCUT2D eigenvalue weighted by Gasteiger charge is -2.12. The van der Waals surface area contributed by atoms with Gasteiger partial charge in [0, 0.05) is 0 Å². The minimum Gasteiger partial charge on any atom is -0.323 e. The third-order valence-corrected chi connectivity index (χ3v) is 4.41. The topological polar surface area (TPSA) is 83.6 Å². The first-order valence-corrected chi connectivity index (χ1v) is 8.97. The van der Waals surface area contributed by atoms with Crippen LogP contribution in [0.15, 0.2) is 0 Å². The van der Waals surface area contributed by atoms with Crippen LogP contribution in [-0.4, -0.2) is 15.6 Å². The van der Waals surface area contributed by atoms with Crippen LogP contribution in [0.1, 0.15) is 77.6 Å². The van der Waals surface area contributed by atoms with E-state index in [4.69, 9.17) is 15.5 Å². The first-order chi connectivity index (χ1) is 8.48. The van der Waals surface area contributed by atoms with Crippen LogP contribution in [0, 0.1) is 0 Å². The van der Waals surface area contributed by atoms with Gasteiger partial charge in [-0.05, 0) is 6.42 Å². The average Bonchev–Trinajstić information content (AvgIpc) is 2.30. The van der Waals surface area contributed by atoms with Crippen LogP contribution in [0.2, 0.25) is 0 Å². The third-order valence-electron chi connectivity index (χ3n) is 3.29. The van der Waals surface area contributed by atoms with Crippen LogP contribution >= 0.6 is 24.6 Å². The highest BCUT2D eigenvalue weighted by molar-refractivity contribution is 8.93. The van der Waals surface area contributed by atoms with Crippen molar-refractivity contribution < 1.29 is 14.4 Å². The Morgan fingerprint density at radius 1 is 0.895 bits per heavy atom. The predicted octanol–water partition coefficient (Wildman–Crippen LogP) is 4.34. The molecule has 0 radical (unpaired) electrons. The summed E-state index contributed by atoms with van der Waals surface area (Å²) in [5, 5.41) is 0. The fraction of sp³-hybridized carbons (Fsp3) is 1.00. The van der Waals surface area contributed by atoms with Gasteiger partial charge in [0.1, 0.15) is 5.78 Å². The monoisotopic (exact) mass is 359 g/mol. The van der Waals surface area contributed by atoms with Crippen molar-refractivity contribution in [2.45, 2.75) is 83.3 Å². The highest BCUT2D eigenvalue weighted by Crippen LogP contribution is 2.40. The van der Waals surface area contributed by atoms with E-state index in [2.05, 4.69) is 6.92 Å². The van der Waals surface area contributed by atoms with Crippen molar-refractivity contribution in [1.82, 2.24) is 0 Å². The summed E-state index contributed by atoms with van der Waals surface area (Å²) in [6.45, 7) is 2.22. The Balaban J connectivity index is 0. The Kier molecular flexibility index (Phi) is 15.6. The molecule has 0 aliphatic carbocycles. The molecule has 0 rings (SSSR count). The van der Waals surface area contributed by atoms with Crippen molar-refractivity contribution >= 4 is 24.6 Å². The maximum absolute atomic E-state index is 10.8. The van der Waals surface area contributed by atoms with Crippen molar-refractivity contribution in [3.05, 3.63) is 0 Å². The van der Waals surface area contributed by atoms with E-state index >= 15 is 0 Å². The van der Waals surface area contributed by atoms with Crippen molar-refractivity contribution in [2.75, 3.05) is 0 Å². The summed E-state index contributed by atoms with van der Waals surface area (Å²) in [5.74, 6) is -0.966. The van der Waals surface area contributed by atoms with Gasteiger partial charge in [-0.25, -0.2) is 0 Å². The fourth-order valence-electron chi connectivity index (χ4n) is 2.01. The Morgan fingerprint density at radius 2 is 1.26 bits per heavy atom. The fourth-order valence-corrected chi connectivity index (χ4v) is 2.53. The normalized spacial score (nSPS) is 13.1. The Hall–Kier alpha value is 0.590. The van der Waals surface area contributed by atoms with Gasteiger partial charge in [-0.3, -0.25) is 4.57 Å². The van der Waals surface area contributed by atoms with Crippen LogP contribution in [0.25, 0.3) is 0 Å². The summed E-state index contributed by atoms with van der Waals surface area (Å²) in [6.07, 6.45) is 12.6. The second kappa shape index (κ2) is 13.6. The van der Waals surface area contributed by atoms with Gasteiger partial charge in [-0.2, -0.15) is 0 Å². The summed E-state index contributed by atoms with van der Waals surface area (Å²) in [5.41, 5.74) is 5.40. The molecule has 0 aromatic rings. The zero-order valence-electron chi connectivity index (χ0n) is 12.1. The van der Waals surface area contributed by atoms with E-state index < -0.39 is 13.4 Å². The quantitative estimate of drug-likeness (QED) is 0.357. The molecular formula is C13H31BrNO3P. The number of nitrogens with two attached hydrogens (primary N) is 1. The van der Waals surface area contributed by atoms with Crippen molar-refractivity contribution in [2.24, 2.45) is 5.73 Å². The van der Waals surface area contributed by atoms with Crippen LogP contribution in [0.5, 0.6) is 0 Å². The van der Waals surface area contributed by atoms with Gasteiger partial charge in [-0.1, -0.05) is 71.1 Å². The predicted molar refractivity (Wildman–Crippen MR) is 86.8 cm³/mol. The van der Waals surface area contributed by atoms with Crippen LogP contribution in [0.3, 0.4) is 0 Å². The van der Waals surface area contributed by atoms with E-state index in [1.807, 2.05) is 0 Å². The van der Waals surface area contributed by atoms with Crippen molar-refractivity contribution in [1.29, 1.82) is 0 Å². The molecule has 0 amide bonds. The number of hydrogen-bond acceptors (Lipinski definition) is 2. The second-order valence-electron chi connectivity index (χ2n) is 5.13. The maximum atomic E-state index is 10.8. The van der Waals surface area contributed by atoms with E-state index in [1.54, 1.807) is 0 Å². The molecular weight excluding hydrogens is 329 g/mol.